The topological polar surface area (TPSA) is 22.4 Å². The summed E-state index contributed by atoms with van der Waals surface area (Å²) in [5.41, 5.74) is 12.1. The van der Waals surface area contributed by atoms with Crippen molar-refractivity contribution in [2.45, 2.75) is 48.1 Å². The first-order valence-corrected chi connectivity index (χ1v) is 19.1. The van der Waals surface area contributed by atoms with Crippen LogP contribution in [0.1, 0.15) is 55.8 Å². The lowest BCUT2D eigenvalue weighted by atomic mass is 10.1. The quantitative estimate of drug-likeness (QED) is 0.0630. The van der Waals surface area contributed by atoms with E-state index in [4.69, 9.17) is 0 Å². The van der Waals surface area contributed by atoms with E-state index in [1.165, 1.54) is 39.5 Å². The van der Waals surface area contributed by atoms with Crippen molar-refractivity contribution in [1.29, 1.82) is 0 Å². The Morgan fingerprint density at radius 3 is 1.70 bits per heavy atom. The van der Waals surface area contributed by atoms with Gasteiger partial charge in [-0.05, 0) is 80.3 Å². The third-order valence-corrected chi connectivity index (χ3v) is 10.2. The maximum atomic E-state index is 4.04. The molecule has 47 heavy (non-hydrogen) atoms. The predicted octanol–water partition coefficient (Wildman–Crippen LogP) is 9.76. The van der Waals surface area contributed by atoms with Gasteiger partial charge in [-0.1, -0.05) is 88.4 Å². The highest BCUT2D eigenvalue weighted by molar-refractivity contribution is 8.76. The van der Waals surface area contributed by atoms with Crippen LogP contribution in [0.2, 0.25) is 0 Å². The van der Waals surface area contributed by atoms with Crippen LogP contribution in [0.15, 0.2) is 102 Å². The van der Waals surface area contributed by atoms with E-state index in [1.807, 2.05) is 28.5 Å². The minimum absolute atomic E-state index is 0.915. The Labute approximate surface area is 293 Å². The Kier molecular flexibility index (Phi) is 16.0. The monoisotopic (exact) mass is 667 g/mol. The molecular formula is C41H55N4S2+. The number of rotatable bonds is 18. The molecule has 3 rings (SSSR count). The van der Waals surface area contributed by atoms with Crippen molar-refractivity contribution in [2.24, 2.45) is 0 Å². The molecule has 1 N–H and O–H groups in total. The number of nitrogens with one attached hydrogen (secondary N) is 1. The fraction of sp³-hybridized carbons (Fsp3) is 0.341. The molecule has 1 aromatic heterocycles. The van der Waals surface area contributed by atoms with E-state index in [0.717, 1.165) is 54.5 Å². The molecule has 4 nitrogen and oxygen atoms in total. The van der Waals surface area contributed by atoms with Crippen molar-refractivity contribution in [2.75, 3.05) is 55.0 Å². The van der Waals surface area contributed by atoms with Gasteiger partial charge in [-0.2, -0.15) is 0 Å². The number of hydrogen-bond donors (Lipinski definition) is 1. The van der Waals surface area contributed by atoms with E-state index >= 15 is 0 Å². The van der Waals surface area contributed by atoms with Gasteiger partial charge in [0.1, 0.15) is 6.54 Å². The number of allylic oxidation sites excluding steroid dienone is 6. The fourth-order valence-electron chi connectivity index (χ4n) is 5.34. The number of aryl methyl sites for hydroxylation is 2. The molecule has 0 unspecified atom stereocenters. The second-order valence-electron chi connectivity index (χ2n) is 12.0. The van der Waals surface area contributed by atoms with Crippen molar-refractivity contribution < 1.29 is 4.57 Å². The molecule has 6 heteroatoms. The van der Waals surface area contributed by atoms with Gasteiger partial charge in [0, 0.05) is 88.3 Å². The van der Waals surface area contributed by atoms with Gasteiger partial charge < -0.3 is 15.1 Å². The second-order valence-corrected chi connectivity index (χ2v) is 14.7. The molecule has 0 bridgehead atoms. The Morgan fingerprint density at radius 2 is 1.23 bits per heavy atom. The number of benzene rings is 2. The summed E-state index contributed by atoms with van der Waals surface area (Å²) in [6.45, 7) is 20.8. The lowest BCUT2D eigenvalue weighted by Crippen LogP contribution is -2.39. The van der Waals surface area contributed by atoms with Crippen LogP contribution in [0.4, 0.5) is 11.4 Å². The van der Waals surface area contributed by atoms with Gasteiger partial charge in [0.15, 0.2) is 11.4 Å². The number of pyridine rings is 1. The van der Waals surface area contributed by atoms with E-state index in [-0.39, 0.29) is 0 Å². The number of nitrogens with zero attached hydrogens (tertiary/aromatic N) is 3. The molecule has 0 spiro atoms. The molecule has 0 radical (unpaired) electrons. The average molecular weight is 668 g/mol. The van der Waals surface area contributed by atoms with Crippen molar-refractivity contribution >= 4 is 51.2 Å². The van der Waals surface area contributed by atoms with Gasteiger partial charge in [0.2, 0.25) is 0 Å². The van der Waals surface area contributed by atoms with Crippen LogP contribution < -0.4 is 19.7 Å². The molecule has 0 amide bonds. The van der Waals surface area contributed by atoms with E-state index in [0.29, 0.717) is 0 Å². The highest BCUT2D eigenvalue weighted by atomic mass is 33.1. The maximum Gasteiger partial charge on any atom is 0.179 e. The zero-order valence-electron chi connectivity index (χ0n) is 29.8. The minimum Gasteiger partial charge on any atom is -0.389 e. The highest BCUT2D eigenvalue weighted by Gasteiger charge is 2.09. The largest absolute Gasteiger partial charge is 0.389 e. The van der Waals surface area contributed by atoms with Crippen LogP contribution in [0.25, 0.3) is 18.2 Å². The van der Waals surface area contributed by atoms with Crippen LogP contribution in [-0.4, -0.2) is 45.2 Å². The molecule has 250 valence electrons. The Balaban J connectivity index is 1.39. The zero-order valence-corrected chi connectivity index (χ0v) is 31.5. The summed E-state index contributed by atoms with van der Waals surface area (Å²) in [7, 11) is 8.27. The Bertz CT molecular complexity index is 1530. The molecule has 0 aliphatic rings. The third-order valence-electron chi connectivity index (χ3n) is 7.88. The van der Waals surface area contributed by atoms with Crippen LogP contribution in [0.5, 0.6) is 0 Å². The summed E-state index contributed by atoms with van der Waals surface area (Å²) in [6.07, 6.45) is 13.0. The predicted molar refractivity (Wildman–Crippen MR) is 214 cm³/mol. The van der Waals surface area contributed by atoms with E-state index < -0.39 is 0 Å². The molecule has 0 fully saturated rings. The van der Waals surface area contributed by atoms with Crippen LogP contribution in [-0.2, 0) is 6.54 Å². The standard InChI is InChI=1S/C41H55N4S2/c1-10-42-33(5)29-38(28-32(3)4)14-12-36-16-20-40(21-17-36)43(8)24-26-46-47-27-25-44(9)41-22-18-37(19-23-41)13-15-39-30-34(6)45(11-2)35(7)31-39/h12-23,28-31,42H,3,10-11,24-27H2,1-2,4-9H3/q+1/b14-12+,33-29-,38-28-. The van der Waals surface area contributed by atoms with Gasteiger partial charge in [0.25, 0.3) is 0 Å². The molecule has 0 saturated heterocycles. The highest BCUT2D eigenvalue weighted by Crippen LogP contribution is 2.24. The lowest BCUT2D eigenvalue weighted by Gasteiger charge is -2.20. The smallest absolute Gasteiger partial charge is 0.179 e. The summed E-state index contributed by atoms with van der Waals surface area (Å²) in [5, 5.41) is 3.36. The van der Waals surface area contributed by atoms with Crippen molar-refractivity contribution in [3.8, 4) is 0 Å². The molecule has 1 heterocycles. The molecule has 0 saturated carbocycles. The van der Waals surface area contributed by atoms with Crippen molar-refractivity contribution in [3.05, 3.63) is 130 Å². The molecule has 0 atom stereocenters. The molecular weight excluding hydrogens is 613 g/mol. The maximum absolute atomic E-state index is 4.04. The molecule has 0 aliphatic heterocycles. The normalized spacial score (nSPS) is 12.3. The van der Waals surface area contributed by atoms with Gasteiger partial charge in [-0.25, -0.2) is 4.57 Å². The number of anilines is 2. The number of aromatic nitrogens is 1. The van der Waals surface area contributed by atoms with Gasteiger partial charge >= 0.3 is 0 Å². The first-order chi connectivity index (χ1) is 22.6. The summed E-state index contributed by atoms with van der Waals surface area (Å²) < 4.78 is 2.34. The first kappa shape index (κ1) is 37.8. The molecule has 3 aromatic rings. The second kappa shape index (κ2) is 19.9. The SMILES string of the molecule is C=C(C)/C=C(\C=C(\C)NCC)/C=C/c1ccc(N(C)CCSSCCN(C)c2ccc(/C=C/c3cc(C)[n+](CC)c(C)c3)cc2)cc1. The lowest BCUT2D eigenvalue weighted by molar-refractivity contribution is -0.705. The van der Waals surface area contributed by atoms with Crippen molar-refractivity contribution in [3.63, 3.8) is 0 Å². The van der Waals surface area contributed by atoms with Gasteiger partial charge in [0.05, 0.1) is 0 Å². The fourth-order valence-corrected chi connectivity index (χ4v) is 7.43. The zero-order chi connectivity index (χ0) is 34.2. The van der Waals surface area contributed by atoms with E-state index in [2.05, 4.69) is 172 Å². The summed E-state index contributed by atoms with van der Waals surface area (Å²) >= 11 is 0. The number of hydrogen-bond acceptors (Lipinski definition) is 5. The summed E-state index contributed by atoms with van der Waals surface area (Å²) in [4.78, 5) is 4.67. The van der Waals surface area contributed by atoms with Crippen LogP contribution >= 0.6 is 21.6 Å². The summed E-state index contributed by atoms with van der Waals surface area (Å²) in [5.74, 6) is 2.17. The average Bonchev–Trinajstić information content (AvgIpc) is 3.04. The van der Waals surface area contributed by atoms with Crippen molar-refractivity contribution in [1.82, 2.24) is 5.32 Å². The summed E-state index contributed by atoms with van der Waals surface area (Å²) in [6, 6.07) is 22.2. The van der Waals surface area contributed by atoms with Crippen LogP contribution in [0, 0.1) is 13.8 Å². The third kappa shape index (κ3) is 13.2. The molecule has 0 aliphatic carbocycles. The van der Waals surface area contributed by atoms with E-state index in [9.17, 15) is 0 Å². The first-order valence-electron chi connectivity index (χ1n) is 16.6. The minimum atomic E-state index is 0.915. The van der Waals surface area contributed by atoms with Crippen LogP contribution in [0.3, 0.4) is 0 Å². The van der Waals surface area contributed by atoms with Gasteiger partial charge in [-0.3, -0.25) is 0 Å². The van der Waals surface area contributed by atoms with Gasteiger partial charge in [-0.15, -0.1) is 0 Å². The Hall–Kier alpha value is -3.61. The molecule has 2 aromatic carbocycles. The van der Waals surface area contributed by atoms with E-state index in [1.54, 1.807) is 0 Å². The Morgan fingerprint density at radius 1 is 0.745 bits per heavy atom.